The van der Waals surface area contributed by atoms with Crippen molar-refractivity contribution < 1.29 is 15.0 Å². The van der Waals surface area contributed by atoms with Crippen LogP contribution >= 0.6 is 0 Å². The molecule has 8 heteroatoms. The molecule has 8 nitrogen and oxygen atoms in total. The monoisotopic (exact) mass is 377 g/mol. The highest BCUT2D eigenvalue weighted by Gasteiger charge is 2.37. The number of nitrogens with one attached hydrogen (secondary N) is 1. The zero-order chi connectivity index (χ0) is 19.4. The van der Waals surface area contributed by atoms with E-state index in [0.29, 0.717) is 18.8 Å². The summed E-state index contributed by atoms with van der Waals surface area (Å²) in [7, 11) is 0. The third-order valence-electron chi connectivity index (χ3n) is 5.32. The van der Waals surface area contributed by atoms with Crippen molar-refractivity contribution in [3.8, 4) is 17.0 Å². The Bertz CT molecular complexity index is 1190. The lowest BCUT2D eigenvalue weighted by Gasteiger charge is -2.22. The summed E-state index contributed by atoms with van der Waals surface area (Å²) in [5.74, 6) is 0.779. The average molecular weight is 377 g/mol. The molecule has 2 atom stereocenters. The van der Waals surface area contributed by atoms with Crippen LogP contribution in [0, 0.1) is 0 Å². The lowest BCUT2D eigenvalue weighted by molar-refractivity contribution is -0.130. The number of carbonyl (C=O) groups excluding carboxylic acids is 1. The summed E-state index contributed by atoms with van der Waals surface area (Å²) in [6.45, 7) is 1.81. The van der Waals surface area contributed by atoms with Crippen molar-refractivity contribution in [2.24, 2.45) is 0 Å². The van der Waals surface area contributed by atoms with Crippen molar-refractivity contribution in [3.05, 3.63) is 48.5 Å². The number of aliphatic hydroxyl groups excluding tert-OH is 1. The summed E-state index contributed by atoms with van der Waals surface area (Å²) in [5, 5.41) is 19.8. The SMILES string of the molecule is CC(=O)N1CC(O)CC1c1nc(-c2ccc(O)cc2)c2cnc3[nH]ccc3n12. The fraction of sp³-hybridized carbons (Fsp3) is 0.250. The number of β-amino-alcohol motifs (C(OH)–C–C–N with tert-alkyl or cyclic N) is 1. The Morgan fingerprint density at radius 2 is 2.00 bits per heavy atom. The number of likely N-dealkylation sites (tertiary alicyclic amines) is 1. The van der Waals surface area contributed by atoms with Gasteiger partial charge in [0.15, 0.2) is 5.65 Å². The third kappa shape index (κ3) is 2.45. The van der Waals surface area contributed by atoms with Gasteiger partial charge in [-0.25, -0.2) is 9.97 Å². The van der Waals surface area contributed by atoms with Gasteiger partial charge in [-0.3, -0.25) is 9.20 Å². The molecule has 0 radical (unpaired) electrons. The first kappa shape index (κ1) is 16.8. The van der Waals surface area contributed by atoms with E-state index in [1.807, 2.05) is 16.7 Å². The second kappa shape index (κ2) is 6.07. The summed E-state index contributed by atoms with van der Waals surface area (Å²) in [4.78, 5) is 26.3. The molecule has 2 unspecified atom stereocenters. The van der Waals surface area contributed by atoms with Gasteiger partial charge < -0.3 is 20.1 Å². The van der Waals surface area contributed by atoms with E-state index in [0.717, 1.165) is 27.9 Å². The minimum atomic E-state index is -0.582. The van der Waals surface area contributed by atoms with Gasteiger partial charge in [0.25, 0.3) is 0 Å². The molecule has 5 rings (SSSR count). The quantitative estimate of drug-likeness (QED) is 0.497. The molecular formula is C20H19N5O3. The van der Waals surface area contributed by atoms with E-state index in [2.05, 4.69) is 9.97 Å². The minimum Gasteiger partial charge on any atom is -0.508 e. The molecule has 0 saturated carbocycles. The first-order chi connectivity index (χ1) is 13.5. The van der Waals surface area contributed by atoms with E-state index >= 15 is 0 Å². The largest absolute Gasteiger partial charge is 0.508 e. The van der Waals surface area contributed by atoms with Crippen LogP contribution in [-0.2, 0) is 4.79 Å². The molecular weight excluding hydrogens is 358 g/mol. The molecule has 1 aliphatic heterocycles. The van der Waals surface area contributed by atoms with Crippen molar-refractivity contribution in [1.82, 2.24) is 24.3 Å². The highest BCUT2D eigenvalue weighted by Crippen LogP contribution is 2.36. The van der Waals surface area contributed by atoms with Gasteiger partial charge in [0, 0.05) is 31.6 Å². The van der Waals surface area contributed by atoms with Gasteiger partial charge in [0.1, 0.15) is 11.6 Å². The Morgan fingerprint density at radius 1 is 1.21 bits per heavy atom. The van der Waals surface area contributed by atoms with Crippen LogP contribution in [0.2, 0.25) is 0 Å². The molecule has 1 aliphatic rings. The standard InChI is InChI=1S/C20H19N5O3/c1-11(26)24-10-14(28)8-16(24)20-23-18(12-2-4-13(27)5-3-12)17-9-22-19-15(25(17)20)6-7-21-19/h2-7,9,14,16,21,27-28H,8,10H2,1H3. The number of hydrogen-bond donors (Lipinski definition) is 3. The highest BCUT2D eigenvalue weighted by atomic mass is 16.3. The van der Waals surface area contributed by atoms with Crippen LogP contribution in [-0.4, -0.2) is 53.0 Å². The number of phenolic OH excluding ortho intramolecular Hbond substituents is 1. The zero-order valence-electron chi connectivity index (χ0n) is 15.2. The van der Waals surface area contributed by atoms with E-state index < -0.39 is 6.10 Å². The van der Waals surface area contributed by atoms with Crippen molar-refractivity contribution in [3.63, 3.8) is 0 Å². The number of imidazole rings is 1. The van der Waals surface area contributed by atoms with Gasteiger partial charge in [-0.1, -0.05) is 0 Å². The van der Waals surface area contributed by atoms with Gasteiger partial charge >= 0.3 is 0 Å². The minimum absolute atomic E-state index is 0.0937. The molecule has 1 amide bonds. The average Bonchev–Trinajstić information content (AvgIpc) is 3.37. The van der Waals surface area contributed by atoms with Gasteiger partial charge in [0.2, 0.25) is 5.91 Å². The molecule has 1 saturated heterocycles. The number of H-pyrrole nitrogens is 1. The van der Waals surface area contributed by atoms with Crippen LogP contribution in [0.1, 0.15) is 25.2 Å². The highest BCUT2D eigenvalue weighted by molar-refractivity contribution is 5.84. The molecule has 4 aromatic rings. The molecule has 1 fully saturated rings. The van der Waals surface area contributed by atoms with Crippen LogP contribution in [0.5, 0.6) is 5.75 Å². The van der Waals surface area contributed by atoms with Crippen LogP contribution in [0.3, 0.4) is 0 Å². The molecule has 3 aromatic heterocycles. The fourth-order valence-corrected chi connectivity index (χ4v) is 4.05. The van der Waals surface area contributed by atoms with Crippen molar-refractivity contribution in [1.29, 1.82) is 0 Å². The third-order valence-corrected chi connectivity index (χ3v) is 5.32. The lowest BCUT2D eigenvalue weighted by atomic mass is 10.1. The van der Waals surface area contributed by atoms with E-state index in [9.17, 15) is 15.0 Å². The van der Waals surface area contributed by atoms with Gasteiger partial charge in [0.05, 0.1) is 35.1 Å². The predicted octanol–water partition coefficient (Wildman–Crippen LogP) is 2.24. The molecule has 0 spiro atoms. The maximum atomic E-state index is 12.2. The second-order valence-corrected chi connectivity index (χ2v) is 7.13. The van der Waals surface area contributed by atoms with Gasteiger partial charge in [-0.2, -0.15) is 0 Å². The molecule has 3 N–H and O–H groups in total. The first-order valence-electron chi connectivity index (χ1n) is 9.12. The van der Waals surface area contributed by atoms with E-state index in [1.54, 1.807) is 35.4 Å². The fourth-order valence-electron chi connectivity index (χ4n) is 4.05. The first-order valence-corrected chi connectivity index (χ1v) is 9.12. The Morgan fingerprint density at radius 3 is 2.75 bits per heavy atom. The number of amides is 1. The molecule has 4 heterocycles. The number of aromatic nitrogens is 4. The number of phenols is 1. The number of carbonyl (C=O) groups is 1. The van der Waals surface area contributed by atoms with Gasteiger partial charge in [-0.05, 0) is 30.3 Å². The van der Waals surface area contributed by atoms with Crippen LogP contribution in [0.4, 0.5) is 0 Å². The Labute approximate surface area is 160 Å². The molecule has 0 bridgehead atoms. The number of hydrogen-bond acceptors (Lipinski definition) is 5. The number of aromatic amines is 1. The summed E-state index contributed by atoms with van der Waals surface area (Å²) >= 11 is 0. The summed E-state index contributed by atoms with van der Waals surface area (Å²) in [6, 6.07) is 8.42. The summed E-state index contributed by atoms with van der Waals surface area (Å²) in [5.41, 5.74) is 3.94. The topological polar surface area (TPSA) is 107 Å². The van der Waals surface area contributed by atoms with E-state index in [1.165, 1.54) is 6.92 Å². The van der Waals surface area contributed by atoms with Crippen LogP contribution in [0.25, 0.3) is 27.9 Å². The van der Waals surface area contributed by atoms with E-state index in [-0.39, 0.29) is 17.7 Å². The Balaban J connectivity index is 1.79. The normalized spacial score (nSPS) is 19.7. The maximum Gasteiger partial charge on any atom is 0.220 e. The smallest absolute Gasteiger partial charge is 0.220 e. The van der Waals surface area contributed by atoms with Crippen LogP contribution < -0.4 is 0 Å². The number of benzene rings is 1. The summed E-state index contributed by atoms with van der Waals surface area (Å²) in [6.07, 6.45) is 3.41. The predicted molar refractivity (Wildman–Crippen MR) is 103 cm³/mol. The van der Waals surface area contributed by atoms with Crippen molar-refractivity contribution >= 4 is 22.6 Å². The number of nitrogens with zero attached hydrogens (tertiary/aromatic N) is 4. The second-order valence-electron chi connectivity index (χ2n) is 7.13. The van der Waals surface area contributed by atoms with Crippen LogP contribution in [0.15, 0.2) is 42.7 Å². The molecule has 1 aromatic carbocycles. The molecule has 142 valence electrons. The zero-order valence-corrected chi connectivity index (χ0v) is 15.2. The Hall–Kier alpha value is -3.39. The lowest BCUT2D eigenvalue weighted by Crippen LogP contribution is -2.30. The number of aliphatic hydroxyl groups is 1. The van der Waals surface area contributed by atoms with Crippen molar-refractivity contribution in [2.45, 2.75) is 25.5 Å². The summed E-state index contributed by atoms with van der Waals surface area (Å²) < 4.78 is 2.00. The number of aromatic hydroxyl groups is 1. The van der Waals surface area contributed by atoms with E-state index in [4.69, 9.17) is 4.98 Å². The number of rotatable bonds is 2. The van der Waals surface area contributed by atoms with Gasteiger partial charge in [-0.15, -0.1) is 0 Å². The molecule has 0 aliphatic carbocycles. The maximum absolute atomic E-state index is 12.2. The molecule has 28 heavy (non-hydrogen) atoms. The Kier molecular flexibility index (Phi) is 3.63. The number of fused-ring (bicyclic) bond motifs is 3. The van der Waals surface area contributed by atoms with Crippen molar-refractivity contribution in [2.75, 3.05) is 6.54 Å².